The molecule has 64 heavy (non-hydrogen) atoms. The maximum atomic E-state index is 5.51. The highest BCUT2D eigenvalue weighted by molar-refractivity contribution is 6.11. The second-order valence-electron chi connectivity index (χ2n) is 17.3. The lowest BCUT2D eigenvalue weighted by Crippen LogP contribution is -2.14. The third-order valence-corrected chi connectivity index (χ3v) is 13.0. The molecule has 0 saturated heterocycles. The summed E-state index contributed by atoms with van der Waals surface area (Å²) in [5.74, 6) is 1.76. The maximum absolute atomic E-state index is 5.51. The molecule has 12 rings (SSSR count). The van der Waals surface area contributed by atoms with Crippen molar-refractivity contribution in [2.45, 2.75) is 19.3 Å². The van der Waals surface area contributed by atoms with Crippen LogP contribution in [0.3, 0.4) is 0 Å². The molecular formula is C60H42N4. The minimum absolute atomic E-state index is 0.142. The van der Waals surface area contributed by atoms with Crippen LogP contribution < -0.4 is 0 Å². The fourth-order valence-electron chi connectivity index (χ4n) is 9.80. The Balaban J connectivity index is 1.16. The third kappa shape index (κ3) is 6.34. The molecule has 302 valence electrons. The van der Waals surface area contributed by atoms with Crippen molar-refractivity contribution < 1.29 is 0 Å². The average Bonchev–Trinajstić information content (AvgIpc) is 3.81. The van der Waals surface area contributed by atoms with Crippen molar-refractivity contribution >= 4 is 21.8 Å². The zero-order valence-electron chi connectivity index (χ0n) is 35.6. The van der Waals surface area contributed by atoms with Crippen LogP contribution >= 0.6 is 0 Å². The molecule has 0 amide bonds. The molecular weight excluding hydrogens is 777 g/mol. The summed E-state index contributed by atoms with van der Waals surface area (Å²) < 4.78 is 2.26. The van der Waals surface area contributed by atoms with E-state index in [-0.39, 0.29) is 5.41 Å². The molecule has 1 aliphatic carbocycles. The molecule has 0 saturated carbocycles. The molecule has 0 aliphatic heterocycles. The number of aromatic nitrogens is 4. The smallest absolute Gasteiger partial charge is 0.238 e. The zero-order valence-corrected chi connectivity index (χ0v) is 35.6. The quantitative estimate of drug-likeness (QED) is 0.161. The number of fused-ring (bicyclic) bond motifs is 6. The van der Waals surface area contributed by atoms with Gasteiger partial charge in [-0.15, -0.1) is 0 Å². The Morgan fingerprint density at radius 1 is 0.312 bits per heavy atom. The van der Waals surface area contributed by atoms with Crippen molar-refractivity contribution in [1.29, 1.82) is 0 Å². The van der Waals surface area contributed by atoms with Gasteiger partial charge in [-0.2, -0.15) is 9.97 Å². The van der Waals surface area contributed by atoms with Gasteiger partial charge in [0.25, 0.3) is 0 Å². The molecule has 0 spiro atoms. The first-order chi connectivity index (χ1) is 31.5. The number of nitrogens with zero attached hydrogens (tertiary/aromatic N) is 4. The van der Waals surface area contributed by atoms with Crippen LogP contribution in [0, 0.1) is 0 Å². The molecule has 2 heterocycles. The molecule has 0 unspecified atom stereocenters. The van der Waals surface area contributed by atoms with E-state index in [4.69, 9.17) is 15.0 Å². The summed E-state index contributed by atoms with van der Waals surface area (Å²) in [5, 5.41) is 2.33. The molecule has 4 heteroatoms. The van der Waals surface area contributed by atoms with Crippen molar-refractivity contribution in [2.75, 3.05) is 0 Å². The van der Waals surface area contributed by atoms with Crippen molar-refractivity contribution in [2.24, 2.45) is 0 Å². The number of rotatable bonds is 7. The number of benzene rings is 9. The maximum Gasteiger partial charge on any atom is 0.238 e. The SMILES string of the molecule is CC1(C)c2ccccc2-c2cc3c(cc21)c1ccccc1n3-c1nc(-c2cc(-c3ccccc3)cc(-c3ccccc3)c2)nc(-c2cc(-c3ccccc3)cc(-c3ccccc3)c2)n1. The minimum atomic E-state index is -0.142. The first-order valence-corrected chi connectivity index (χ1v) is 21.9. The molecule has 0 radical (unpaired) electrons. The minimum Gasteiger partial charge on any atom is -0.278 e. The second-order valence-corrected chi connectivity index (χ2v) is 17.3. The second kappa shape index (κ2) is 15.0. The summed E-state index contributed by atoms with van der Waals surface area (Å²) in [4.78, 5) is 16.5. The van der Waals surface area contributed by atoms with E-state index in [1.165, 1.54) is 27.6 Å². The highest BCUT2D eigenvalue weighted by atomic mass is 15.2. The van der Waals surface area contributed by atoms with E-state index < -0.39 is 0 Å². The van der Waals surface area contributed by atoms with Crippen LogP contribution in [0.25, 0.3) is 106 Å². The van der Waals surface area contributed by atoms with E-state index >= 15 is 0 Å². The summed E-state index contributed by atoms with van der Waals surface area (Å²) >= 11 is 0. The van der Waals surface area contributed by atoms with E-state index in [9.17, 15) is 0 Å². The van der Waals surface area contributed by atoms with Gasteiger partial charge in [-0.05, 0) is 121 Å². The van der Waals surface area contributed by atoms with Crippen LogP contribution in [0.5, 0.6) is 0 Å². The third-order valence-electron chi connectivity index (χ3n) is 13.0. The van der Waals surface area contributed by atoms with Crippen molar-refractivity contribution in [3.63, 3.8) is 0 Å². The number of hydrogen-bond donors (Lipinski definition) is 0. The van der Waals surface area contributed by atoms with Crippen molar-refractivity contribution in [3.8, 4) is 84.4 Å². The normalized spacial score (nSPS) is 12.7. The highest BCUT2D eigenvalue weighted by Crippen LogP contribution is 2.51. The fraction of sp³-hybridized carbons (Fsp3) is 0.0500. The van der Waals surface area contributed by atoms with Gasteiger partial charge in [0.15, 0.2) is 11.6 Å². The summed E-state index contributed by atoms with van der Waals surface area (Å²) in [5.41, 5.74) is 17.8. The first kappa shape index (κ1) is 37.5. The monoisotopic (exact) mass is 818 g/mol. The van der Waals surface area contributed by atoms with Crippen LogP contribution in [0.2, 0.25) is 0 Å². The van der Waals surface area contributed by atoms with Crippen LogP contribution in [-0.4, -0.2) is 19.5 Å². The van der Waals surface area contributed by atoms with Crippen LogP contribution in [0.15, 0.2) is 218 Å². The number of hydrogen-bond acceptors (Lipinski definition) is 3. The van der Waals surface area contributed by atoms with E-state index in [2.05, 4.69) is 237 Å². The van der Waals surface area contributed by atoms with Gasteiger partial charge in [-0.3, -0.25) is 4.57 Å². The largest absolute Gasteiger partial charge is 0.278 e. The van der Waals surface area contributed by atoms with Gasteiger partial charge in [0.1, 0.15) is 0 Å². The lowest BCUT2D eigenvalue weighted by atomic mass is 9.82. The summed E-state index contributed by atoms with van der Waals surface area (Å²) in [6, 6.07) is 77.9. The molecule has 4 nitrogen and oxygen atoms in total. The number of para-hydroxylation sites is 1. The average molecular weight is 819 g/mol. The summed E-state index contributed by atoms with van der Waals surface area (Å²) in [6.07, 6.45) is 0. The van der Waals surface area contributed by atoms with Gasteiger partial charge in [0.05, 0.1) is 11.0 Å². The molecule has 0 bridgehead atoms. The Labute approximate surface area is 372 Å². The molecule has 0 N–H and O–H groups in total. The molecule has 11 aromatic rings. The van der Waals surface area contributed by atoms with Gasteiger partial charge in [0, 0.05) is 27.3 Å². The van der Waals surface area contributed by atoms with E-state index in [1.54, 1.807) is 0 Å². The van der Waals surface area contributed by atoms with Crippen LogP contribution in [0.4, 0.5) is 0 Å². The van der Waals surface area contributed by atoms with Crippen molar-refractivity contribution in [3.05, 3.63) is 230 Å². The molecule has 0 fully saturated rings. The van der Waals surface area contributed by atoms with Gasteiger partial charge in [-0.25, -0.2) is 4.98 Å². The van der Waals surface area contributed by atoms with E-state index in [1.807, 2.05) is 0 Å². The Bertz CT molecular complexity index is 3290. The zero-order chi connectivity index (χ0) is 42.8. The summed E-state index contributed by atoms with van der Waals surface area (Å²) in [6.45, 7) is 4.68. The lowest BCUT2D eigenvalue weighted by molar-refractivity contribution is 0.661. The Morgan fingerprint density at radius 2 is 0.734 bits per heavy atom. The van der Waals surface area contributed by atoms with E-state index in [0.717, 1.165) is 72.1 Å². The van der Waals surface area contributed by atoms with Gasteiger partial charge in [-0.1, -0.05) is 178 Å². The Kier molecular flexibility index (Phi) is 8.80. The Morgan fingerprint density at radius 3 is 1.23 bits per heavy atom. The standard InChI is InChI=1S/C60H42N4/c1-60(2)53-29-17-15-27-49(53)51-38-56-52(37-54(51)60)50-28-16-18-30-55(50)64(56)59-62-57(47-33-43(39-19-7-3-8-20-39)31-44(34-47)40-21-9-4-10-22-40)61-58(63-59)48-35-45(41-23-11-5-12-24-41)32-46(36-48)42-25-13-6-14-26-42/h3-38H,1-2H3. The highest BCUT2D eigenvalue weighted by Gasteiger charge is 2.36. The van der Waals surface area contributed by atoms with E-state index in [0.29, 0.717) is 17.6 Å². The molecule has 1 aliphatic rings. The predicted molar refractivity (Wildman–Crippen MR) is 264 cm³/mol. The first-order valence-electron chi connectivity index (χ1n) is 21.9. The topological polar surface area (TPSA) is 43.6 Å². The van der Waals surface area contributed by atoms with Gasteiger partial charge >= 0.3 is 0 Å². The van der Waals surface area contributed by atoms with Gasteiger partial charge < -0.3 is 0 Å². The van der Waals surface area contributed by atoms with Crippen LogP contribution in [-0.2, 0) is 5.41 Å². The summed E-state index contributed by atoms with van der Waals surface area (Å²) in [7, 11) is 0. The van der Waals surface area contributed by atoms with Crippen molar-refractivity contribution in [1.82, 2.24) is 19.5 Å². The Hall–Kier alpha value is -8.21. The molecule has 2 aromatic heterocycles. The fourth-order valence-corrected chi connectivity index (χ4v) is 9.80. The lowest BCUT2D eigenvalue weighted by Gasteiger charge is -2.21. The van der Waals surface area contributed by atoms with Crippen LogP contribution in [0.1, 0.15) is 25.0 Å². The molecule has 9 aromatic carbocycles. The molecule has 0 atom stereocenters. The van der Waals surface area contributed by atoms with Gasteiger partial charge in [0.2, 0.25) is 5.95 Å². The predicted octanol–water partition coefficient (Wildman–Crippen LogP) is 15.3.